The largest absolute Gasteiger partial charge is 0.492 e. The Hall–Kier alpha value is -0.870. The van der Waals surface area contributed by atoms with Crippen LogP contribution in [0, 0.1) is 0 Å². The molecule has 0 aliphatic rings. The molecular formula is C8H7ClN2OS. The van der Waals surface area contributed by atoms with E-state index in [1.807, 2.05) is 12.3 Å². The number of thiophene rings is 1. The Kier molecular flexibility index (Phi) is 2.33. The van der Waals surface area contributed by atoms with Crippen LogP contribution in [0.2, 0.25) is 5.15 Å². The predicted molar refractivity (Wildman–Crippen MR) is 53.6 cm³/mol. The lowest BCUT2D eigenvalue weighted by Crippen LogP contribution is -1.90. The van der Waals surface area contributed by atoms with E-state index >= 15 is 0 Å². The Morgan fingerprint density at radius 3 is 3.15 bits per heavy atom. The lowest BCUT2D eigenvalue weighted by molar-refractivity contribution is 0.345. The molecule has 2 rings (SSSR count). The van der Waals surface area contributed by atoms with E-state index in [1.165, 1.54) is 17.7 Å². The molecule has 2 aromatic heterocycles. The summed E-state index contributed by atoms with van der Waals surface area (Å²) in [5, 5.41) is 3.17. The molecular weight excluding hydrogens is 208 g/mol. The normalized spacial score (nSPS) is 10.6. The minimum Gasteiger partial charge on any atom is -0.492 e. The smallest absolute Gasteiger partial charge is 0.144 e. The van der Waals surface area contributed by atoms with Crippen molar-refractivity contribution in [3.63, 3.8) is 0 Å². The first kappa shape index (κ1) is 8.72. The molecule has 0 N–H and O–H groups in total. The van der Waals surface area contributed by atoms with E-state index in [-0.39, 0.29) is 0 Å². The molecule has 2 heterocycles. The number of ether oxygens (including phenoxy) is 1. The first-order chi connectivity index (χ1) is 6.33. The van der Waals surface area contributed by atoms with Crippen LogP contribution in [-0.2, 0) is 0 Å². The van der Waals surface area contributed by atoms with Crippen LogP contribution in [-0.4, -0.2) is 16.6 Å². The van der Waals surface area contributed by atoms with E-state index in [0.29, 0.717) is 11.8 Å². The van der Waals surface area contributed by atoms with Gasteiger partial charge in [-0.15, -0.1) is 11.3 Å². The maximum absolute atomic E-state index is 5.91. The van der Waals surface area contributed by atoms with Crippen LogP contribution >= 0.6 is 22.9 Å². The number of rotatable bonds is 2. The highest BCUT2D eigenvalue weighted by Crippen LogP contribution is 2.34. The molecule has 0 fully saturated rings. The summed E-state index contributed by atoms with van der Waals surface area (Å²) in [5.41, 5.74) is 0. The second kappa shape index (κ2) is 3.47. The molecule has 0 aliphatic carbocycles. The number of halogens is 1. The molecule has 3 nitrogen and oxygen atoms in total. The van der Waals surface area contributed by atoms with E-state index in [0.717, 1.165) is 16.0 Å². The van der Waals surface area contributed by atoms with Crippen molar-refractivity contribution in [3.8, 4) is 5.75 Å². The second-order valence-electron chi connectivity index (χ2n) is 2.38. The van der Waals surface area contributed by atoms with Gasteiger partial charge in [-0.25, -0.2) is 9.97 Å². The summed E-state index contributed by atoms with van der Waals surface area (Å²) in [7, 11) is 0. The molecule has 13 heavy (non-hydrogen) atoms. The molecule has 0 aliphatic heterocycles. The van der Waals surface area contributed by atoms with Gasteiger partial charge in [-0.1, -0.05) is 11.6 Å². The van der Waals surface area contributed by atoms with Gasteiger partial charge in [0, 0.05) is 5.38 Å². The maximum Gasteiger partial charge on any atom is 0.144 e. The third-order valence-corrected chi connectivity index (χ3v) is 2.74. The second-order valence-corrected chi connectivity index (χ2v) is 3.59. The Morgan fingerprint density at radius 2 is 2.38 bits per heavy atom. The van der Waals surface area contributed by atoms with Crippen LogP contribution in [0.1, 0.15) is 6.92 Å². The van der Waals surface area contributed by atoms with Crippen LogP contribution in [0.5, 0.6) is 5.75 Å². The SMILES string of the molecule is CCOc1csc2ncnc(Cl)c12. The molecule has 2 aromatic rings. The number of aromatic nitrogens is 2. The summed E-state index contributed by atoms with van der Waals surface area (Å²) in [6.45, 7) is 2.55. The quantitative estimate of drug-likeness (QED) is 0.721. The number of hydrogen-bond acceptors (Lipinski definition) is 4. The minimum absolute atomic E-state index is 0.453. The van der Waals surface area contributed by atoms with E-state index < -0.39 is 0 Å². The molecule has 0 unspecified atom stereocenters. The highest BCUT2D eigenvalue weighted by atomic mass is 35.5. The van der Waals surface area contributed by atoms with E-state index in [1.54, 1.807) is 0 Å². The van der Waals surface area contributed by atoms with Crippen molar-refractivity contribution in [1.29, 1.82) is 0 Å². The summed E-state index contributed by atoms with van der Waals surface area (Å²) in [5.74, 6) is 0.771. The van der Waals surface area contributed by atoms with E-state index in [4.69, 9.17) is 16.3 Å². The van der Waals surface area contributed by atoms with Crippen molar-refractivity contribution in [2.75, 3.05) is 6.61 Å². The van der Waals surface area contributed by atoms with E-state index in [9.17, 15) is 0 Å². The maximum atomic E-state index is 5.91. The number of hydrogen-bond donors (Lipinski definition) is 0. The third-order valence-electron chi connectivity index (χ3n) is 1.59. The molecule has 0 atom stereocenters. The van der Waals surface area contributed by atoms with Crippen LogP contribution in [0.15, 0.2) is 11.7 Å². The van der Waals surface area contributed by atoms with Gasteiger partial charge < -0.3 is 4.74 Å². The summed E-state index contributed by atoms with van der Waals surface area (Å²) >= 11 is 7.42. The van der Waals surface area contributed by atoms with Gasteiger partial charge in [0.1, 0.15) is 22.1 Å². The molecule has 0 spiro atoms. The van der Waals surface area contributed by atoms with Gasteiger partial charge >= 0.3 is 0 Å². The molecule has 0 radical (unpaired) electrons. The molecule has 68 valence electrons. The van der Waals surface area contributed by atoms with Gasteiger partial charge in [0.15, 0.2) is 0 Å². The summed E-state index contributed by atoms with van der Waals surface area (Å²) in [6, 6.07) is 0. The fraction of sp³-hybridized carbons (Fsp3) is 0.250. The summed E-state index contributed by atoms with van der Waals surface area (Å²) < 4.78 is 5.39. The van der Waals surface area contributed by atoms with Gasteiger partial charge in [-0.05, 0) is 6.92 Å². The number of nitrogens with zero attached hydrogens (tertiary/aromatic N) is 2. The first-order valence-corrected chi connectivity index (χ1v) is 5.09. The highest BCUT2D eigenvalue weighted by Gasteiger charge is 2.09. The highest BCUT2D eigenvalue weighted by molar-refractivity contribution is 7.17. The van der Waals surface area contributed by atoms with Crippen LogP contribution in [0.25, 0.3) is 10.2 Å². The summed E-state index contributed by atoms with van der Waals surface area (Å²) in [6.07, 6.45) is 1.46. The lowest BCUT2D eigenvalue weighted by Gasteiger charge is -1.99. The molecule has 0 saturated carbocycles. The van der Waals surface area contributed by atoms with Crippen molar-refractivity contribution in [3.05, 3.63) is 16.9 Å². The topological polar surface area (TPSA) is 35.0 Å². The van der Waals surface area contributed by atoms with Gasteiger partial charge in [-0.2, -0.15) is 0 Å². The standard InChI is InChI=1S/C8H7ClN2OS/c1-2-12-5-3-13-8-6(5)7(9)10-4-11-8/h3-4H,2H2,1H3. The molecule has 0 saturated heterocycles. The van der Waals surface area contributed by atoms with Gasteiger partial charge in [0.05, 0.1) is 12.0 Å². The van der Waals surface area contributed by atoms with E-state index in [2.05, 4.69) is 9.97 Å². The van der Waals surface area contributed by atoms with Gasteiger partial charge in [0.25, 0.3) is 0 Å². The fourth-order valence-electron chi connectivity index (χ4n) is 1.08. The predicted octanol–water partition coefficient (Wildman–Crippen LogP) is 2.74. The molecule has 5 heteroatoms. The zero-order chi connectivity index (χ0) is 9.26. The van der Waals surface area contributed by atoms with Crippen molar-refractivity contribution in [1.82, 2.24) is 9.97 Å². The summed E-state index contributed by atoms with van der Waals surface area (Å²) in [4.78, 5) is 8.86. The molecule has 0 bridgehead atoms. The first-order valence-electron chi connectivity index (χ1n) is 3.83. The number of fused-ring (bicyclic) bond motifs is 1. The monoisotopic (exact) mass is 214 g/mol. The average Bonchev–Trinajstić information content (AvgIpc) is 2.51. The van der Waals surface area contributed by atoms with Crippen molar-refractivity contribution in [2.45, 2.75) is 6.92 Å². The minimum atomic E-state index is 0.453. The Morgan fingerprint density at radius 1 is 1.54 bits per heavy atom. The molecule has 0 amide bonds. The van der Waals surface area contributed by atoms with Crippen LogP contribution < -0.4 is 4.74 Å². The van der Waals surface area contributed by atoms with Crippen molar-refractivity contribution < 1.29 is 4.74 Å². The Balaban J connectivity index is 2.64. The van der Waals surface area contributed by atoms with Gasteiger partial charge in [0.2, 0.25) is 0 Å². The zero-order valence-corrected chi connectivity index (χ0v) is 8.52. The fourth-order valence-corrected chi connectivity index (χ4v) is 2.19. The van der Waals surface area contributed by atoms with Crippen LogP contribution in [0.4, 0.5) is 0 Å². The Labute approximate surface area is 84.3 Å². The lowest BCUT2D eigenvalue weighted by atomic mass is 10.4. The Bertz CT molecular complexity index is 429. The van der Waals surface area contributed by atoms with Gasteiger partial charge in [-0.3, -0.25) is 0 Å². The average molecular weight is 215 g/mol. The van der Waals surface area contributed by atoms with Crippen molar-refractivity contribution in [2.24, 2.45) is 0 Å². The molecule has 0 aromatic carbocycles. The zero-order valence-electron chi connectivity index (χ0n) is 6.95. The van der Waals surface area contributed by atoms with Crippen molar-refractivity contribution >= 4 is 33.2 Å². The third kappa shape index (κ3) is 1.47. The van der Waals surface area contributed by atoms with Crippen LogP contribution in [0.3, 0.4) is 0 Å².